The number of hydrogen-bond donors (Lipinski definition) is 1. The molecule has 7 heteroatoms. The van der Waals surface area contributed by atoms with Crippen molar-refractivity contribution in [1.82, 2.24) is 0 Å². The van der Waals surface area contributed by atoms with Gasteiger partial charge >= 0.3 is 12.1 Å². The maximum Gasteiger partial charge on any atom is 0.418 e. The Kier molecular flexibility index (Phi) is 5.80. The highest BCUT2D eigenvalue weighted by Gasteiger charge is 2.33. The number of carbonyl (C=O) groups excluding carboxylic acids is 2. The van der Waals surface area contributed by atoms with Crippen LogP contribution in [-0.4, -0.2) is 18.5 Å². The average molecular weight is 351 g/mol. The molecule has 0 radical (unpaired) electrons. The number of amides is 1. The summed E-state index contributed by atoms with van der Waals surface area (Å²) < 4.78 is 43.4. The lowest BCUT2D eigenvalue weighted by Crippen LogP contribution is -2.22. The van der Waals surface area contributed by atoms with E-state index in [1.165, 1.54) is 12.1 Å². The first kappa shape index (κ1) is 18.5. The summed E-state index contributed by atoms with van der Waals surface area (Å²) in [5, 5.41) is 2.11. The van der Waals surface area contributed by atoms with Gasteiger partial charge in [-0.25, -0.2) is 4.79 Å². The molecule has 2 aromatic rings. The van der Waals surface area contributed by atoms with Crippen LogP contribution < -0.4 is 5.32 Å². The number of hydrogen-bond acceptors (Lipinski definition) is 3. The van der Waals surface area contributed by atoms with Gasteiger partial charge in [0, 0.05) is 0 Å². The molecule has 2 rings (SSSR count). The van der Waals surface area contributed by atoms with E-state index in [9.17, 15) is 22.8 Å². The number of esters is 1. The third kappa shape index (κ3) is 5.07. The van der Waals surface area contributed by atoms with E-state index in [-0.39, 0.29) is 11.3 Å². The summed E-state index contributed by atoms with van der Waals surface area (Å²) in [6.07, 6.45) is -3.78. The van der Waals surface area contributed by atoms with Gasteiger partial charge in [0.15, 0.2) is 6.61 Å². The first-order chi connectivity index (χ1) is 11.8. The Labute approximate surface area is 142 Å². The van der Waals surface area contributed by atoms with Crippen LogP contribution in [-0.2, 0) is 22.1 Å². The molecule has 0 unspecified atom stereocenters. The second-order valence-corrected chi connectivity index (χ2v) is 5.22. The largest absolute Gasteiger partial charge is 0.452 e. The van der Waals surface area contributed by atoms with Gasteiger partial charge in [-0.3, -0.25) is 4.79 Å². The van der Waals surface area contributed by atoms with E-state index in [1.54, 1.807) is 24.3 Å². The molecule has 4 nitrogen and oxygen atoms in total. The Morgan fingerprint density at radius 1 is 1.04 bits per heavy atom. The molecule has 25 heavy (non-hydrogen) atoms. The number of rotatable bonds is 5. The van der Waals surface area contributed by atoms with E-state index < -0.39 is 30.2 Å². The van der Waals surface area contributed by atoms with Crippen molar-refractivity contribution in [3.8, 4) is 0 Å². The van der Waals surface area contributed by atoms with Crippen LogP contribution >= 0.6 is 0 Å². The molecule has 2 aromatic carbocycles. The number of alkyl halides is 3. The van der Waals surface area contributed by atoms with Crippen LogP contribution in [0.3, 0.4) is 0 Å². The molecule has 0 bridgehead atoms. The van der Waals surface area contributed by atoms with E-state index in [2.05, 4.69) is 5.32 Å². The number of carbonyl (C=O) groups is 2. The minimum atomic E-state index is -4.60. The maximum absolute atomic E-state index is 12.9. The van der Waals surface area contributed by atoms with Crippen molar-refractivity contribution in [1.29, 1.82) is 0 Å². The normalized spacial score (nSPS) is 11.0. The molecule has 0 aliphatic heterocycles. The first-order valence-electron chi connectivity index (χ1n) is 7.53. The minimum Gasteiger partial charge on any atom is -0.452 e. The summed E-state index contributed by atoms with van der Waals surface area (Å²) in [6.45, 7) is 1.29. The van der Waals surface area contributed by atoms with Crippen molar-refractivity contribution in [2.45, 2.75) is 19.5 Å². The topological polar surface area (TPSA) is 55.4 Å². The van der Waals surface area contributed by atoms with Crippen molar-refractivity contribution < 1.29 is 27.5 Å². The minimum absolute atomic E-state index is 0.265. The van der Waals surface area contributed by atoms with Gasteiger partial charge in [-0.1, -0.05) is 31.2 Å². The van der Waals surface area contributed by atoms with Crippen molar-refractivity contribution in [3.63, 3.8) is 0 Å². The summed E-state index contributed by atoms with van der Waals surface area (Å²) in [5.74, 6) is -1.57. The highest BCUT2D eigenvalue weighted by Crippen LogP contribution is 2.34. The molecule has 0 aromatic heterocycles. The molecule has 0 saturated carbocycles. The Morgan fingerprint density at radius 2 is 1.68 bits per heavy atom. The van der Waals surface area contributed by atoms with Crippen molar-refractivity contribution in [2.75, 3.05) is 11.9 Å². The zero-order chi connectivity index (χ0) is 18.4. The SMILES string of the molecule is CCc1ccc(C(=O)OCC(=O)Nc2ccccc2C(F)(F)F)cc1. The zero-order valence-corrected chi connectivity index (χ0v) is 13.4. The molecular weight excluding hydrogens is 335 g/mol. The molecule has 132 valence electrons. The van der Waals surface area contributed by atoms with Crippen molar-refractivity contribution in [3.05, 3.63) is 65.2 Å². The summed E-state index contributed by atoms with van der Waals surface area (Å²) in [7, 11) is 0. The summed E-state index contributed by atoms with van der Waals surface area (Å²) in [4.78, 5) is 23.6. The first-order valence-corrected chi connectivity index (χ1v) is 7.53. The number of aryl methyl sites for hydroxylation is 1. The lowest BCUT2D eigenvalue weighted by molar-refractivity contribution is -0.137. The number of ether oxygens (including phenoxy) is 1. The van der Waals surface area contributed by atoms with Gasteiger partial charge in [-0.15, -0.1) is 0 Å². The fourth-order valence-corrected chi connectivity index (χ4v) is 2.12. The van der Waals surface area contributed by atoms with Gasteiger partial charge in [0.05, 0.1) is 16.8 Å². The standard InChI is InChI=1S/C18H16F3NO3/c1-2-12-7-9-13(10-8-12)17(24)25-11-16(23)22-15-6-4-3-5-14(15)18(19,20)21/h3-10H,2,11H2,1H3,(H,22,23). The van der Waals surface area contributed by atoms with E-state index in [1.807, 2.05) is 6.92 Å². The Bertz CT molecular complexity index is 755. The van der Waals surface area contributed by atoms with Gasteiger partial charge < -0.3 is 10.1 Å². The molecular formula is C18H16F3NO3. The molecule has 0 fully saturated rings. The molecule has 1 N–H and O–H groups in total. The molecule has 1 amide bonds. The third-order valence-corrected chi connectivity index (χ3v) is 3.44. The van der Waals surface area contributed by atoms with Crippen LogP contribution in [0.1, 0.15) is 28.4 Å². The van der Waals surface area contributed by atoms with Crippen LogP contribution in [0.15, 0.2) is 48.5 Å². The molecule has 0 aliphatic carbocycles. The lowest BCUT2D eigenvalue weighted by Gasteiger charge is -2.13. The van der Waals surface area contributed by atoms with E-state index >= 15 is 0 Å². The lowest BCUT2D eigenvalue weighted by atomic mass is 10.1. The zero-order valence-electron chi connectivity index (χ0n) is 13.4. The number of anilines is 1. The monoisotopic (exact) mass is 351 g/mol. The Hall–Kier alpha value is -2.83. The van der Waals surface area contributed by atoms with E-state index in [0.29, 0.717) is 0 Å². The number of halogens is 3. The molecule has 0 aliphatic rings. The van der Waals surface area contributed by atoms with Gasteiger partial charge in [0.1, 0.15) is 0 Å². The molecule has 0 saturated heterocycles. The van der Waals surface area contributed by atoms with Gasteiger partial charge in [-0.05, 0) is 36.2 Å². The highest BCUT2D eigenvalue weighted by atomic mass is 19.4. The summed E-state index contributed by atoms with van der Waals surface area (Å²) in [6, 6.07) is 11.2. The van der Waals surface area contributed by atoms with E-state index in [0.717, 1.165) is 24.1 Å². The predicted octanol–water partition coefficient (Wildman–Crippen LogP) is 4.06. The third-order valence-electron chi connectivity index (χ3n) is 3.44. The van der Waals surface area contributed by atoms with Gasteiger partial charge in [0.2, 0.25) is 0 Å². The Morgan fingerprint density at radius 3 is 2.28 bits per heavy atom. The number of nitrogens with one attached hydrogen (secondary N) is 1. The summed E-state index contributed by atoms with van der Waals surface area (Å²) in [5.41, 5.74) is -0.0491. The fourth-order valence-electron chi connectivity index (χ4n) is 2.12. The predicted molar refractivity (Wildman–Crippen MR) is 86.2 cm³/mol. The van der Waals surface area contributed by atoms with Crippen LogP contribution in [0.4, 0.5) is 18.9 Å². The smallest absolute Gasteiger partial charge is 0.418 e. The maximum atomic E-state index is 12.9. The fraction of sp³-hybridized carbons (Fsp3) is 0.222. The second kappa shape index (κ2) is 7.83. The van der Waals surface area contributed by atoms with Crippen LogP contribution in [0, 0.1) is 0 Å². The van der Waals surface area contributed by atoms with Crippen molar-refractivity contribution >= 4 is 17.6 Å². The van der Waals surface area contributed by atoms with Crippen molar-refractivity contribution in [2.24, 2.45) is 0 Å². The number of para-hydroxylation sites is 1. The molecule has 0 heterocycles. The van der Waals surface area contributed by atoms with Gasteiger partial charge in [-0.2, -0.15) is 13.2 Å². The average Bonchev–Trinajstić information content (AvgIpc) is 2.59. The van der Waals surface area contributed by atoms with Crippen LogP contribution in [0.2, 0.25) is 0 Å². The number of benzene rings is 2. The van der Waals surface area contributed by atoms with E-state index in [4.69, 9.17) is 4.74 Å². The summed E-state index contributed by atoms with van der Waals surface area (Å²) >= 11 is 0. The highest BCUT2D eigenvalue weighted by molar-refractivity contribution is 5.96. The Balaban J connectivity index is 1.96. The second-order valence-electron chi connectivity index (χ2n) is 5.22. The molecule has 0 spiro atoms. The van der Waals surface area contributed by atoms with Crippen LogP contribution in [0.5, 0.6) is 0 Å². The van der Waals surface area contributed by atoms with Crippen LogP contribution in [0.25, 0.3) is 0 Å². The quantitative estimate of drug-likeness (QED) is 0.827. The van der Waals surface area contributed by atoms with Gasteiger partial charge in [0.25, 0.3) is 5.91 Å². The molecule has 0 atom stereocenters.